The van der Waals surface area contributed by atoms with Crippen molar-refractivity contribution in [1.29, 1.82) is 0 Å². The molecule has 1 aromatic heterocycles. The van der Waals surface area contributed by atoms with Gasteiger partial charge in [-0.25, -0.2) is 14.3 Å². The van der Waals surface area contributed by atoms with E-state index in [9.17, 15) is 18.8 Å². The fourth-order valence-electron chi connectivity index (χ4n) is 6.80. The van der Waals surface area contributed by atoms with Gasteiger partial charge in [-0.3, -0.25) is 24.3 Å². The van der Waals surface area contributed by atoms with Crippen molar-refractivity contribution in [1.82, 2.24) is 14.9 Å². The molecule has 2 fully saturated rings. The van der Waals surface area contributed by atoms with Gasteiger partial charge in [0.2, 0.25) is 11.8 Å². The number of hydrogen-bond donors (Lipinski definition) is 1. The number of carbonyl (C=O) groups is 2. The number of amides is 2. The summed E-state index contributed by atoms with van der Waals surface area (Å²) in [5.74, 6) is -2.59. The van der Waals surface area contributed by atoms with Crippen LogP contribution < -0.4 is 15.8 Å². The number of nitrogens with one attached hydrogen (secondary N) is 1. The van der Waals surface area contributed by atoms with Gasteiger partial charge in [0.25, 0.3) is 5.56 Å². The Balaban J connectivity index is 1.53. The molecule has 7 nitrogen and oxygen atoms in total. The van der Waals surface area contributed by atoms with Crippen molar-refractivity contribution in [3.05, 3.63) is 100 Å². The zero-order valence-corrected chi connectivity index (χ0v) is 20.9. The van der Waals surface area contributed by atoms with Gasteiger partial charge in [-0.1, -0.05) is 56.3 Å². The van der Waals surface area contributed by atoms with Gasteiger partial charge in [-0.05, 0) is 42.7 Å². The minimum atomic E-state index is -1.23. The molecule has 3 aliphatic heterocycles. The molecule has 8 heteroatoms. The SMILES string of the molecule is CC(C)C[C@@H]1N[C@]2(c3ccccc3-n3c2nc2ccccc2c3=O)[C@H]2C(=O)N(c3ccccc3F)C(=O)[C@@H]12. The second kappa shape index (κ2) is 7.91. The molecule has 2 saturated heterocycles. The third-order valence-electron chi connectivity index (χ3n) is 8.18. The van der Waals surface area contributed by atoms with Crippen LogP contribution in [-0.4, -0.2) is 27.4 Å². The minimum Gasteiger partial charge on any atom is -0.297 e. The molecule has 3 aliphatic rings. The monoisotopic (exact) mass is 508 g/mol. The lowest BCUT2D eigenvalue weighted by atomic mass is 9.75. The third kappa shape index (κ3) is 2.81. The molecule has 1 spiro atoms. The average Bonchev–Trinajstić information content (AvgIpc) is 3.48. The van der Waals surface area contributed by atoms with Gasteiger partial charge in [0, 0.05) is 11.6 Å². The highest BCUT2D eigenvalue weighted by Crippen LogP contribution is 2.56. The number of halogens is 1. The topological polar surface area (TPSA) is 84.3 Å². The molecule has 7 rings (SSSR count). The van der Waals surface area contributed by atoms with E-state index < -0.39 is 35.0 Å². The Kier molecular flexibility index (Phi) is 4.79. The molecule has 0 radical (unpaired) electrons. The summed E-state index contributed by atoms with van der Waals surface area (Å²) in [6, 6.07) is 20.0. The van der Waals surface area contributed by atoms with Crippen LogP contribution in [0, 0.1) is 23.6 Å². The van der Waals surface area contributed by atoms with Crippen LogP contribution in [0.3, 0.4) is 0 Å². The van der Waals surface area contributed by atoms with E-state index in [1.54, 1.807) is 28.8 Å². The van der Waals surface area contributed by atoms with E-state index in [1.807, 2.05) is 30.3 Å². The van der Waals surface area contributed by atoms with Crippen molar-refractivity contribution in [3.63, 3.8) is 0 Å². The van der Waals surface area contributed by atoms with Crippen molar-refractivity contribution in [2.45, 2.75) is 31.8 Å². The van der Waals surface area contributed by atoms with Crippen LogP contribution in [-0.2, 0) is 15.1 Å². The Morgan fingerprint density at radius 3 is 2.37 bits per heavy atom. The Morgan fingerprint density at radius 1 is 0.921 bits per heavy atom. The molecule has 4 aromatic rings. The second-order valence-corrected chi connectivity index (χ2v) is 10.8. The number of aromatic nitrogens is 2. The van der Waals surface area contributed by atoms with Crippen molar-refractivity contribution in [2.24, 2.45) is 17.8 Å². The van der Waals surface area contributed by atoms with E-state index in [4.69, 9.17) is 4.98 Å². The van der Waals surface area contributed by atoms with Crippen LogP contribution in [0.1, 0.15) is 31.7 Å². The lowest BCUT2D eigenvalue weighted by Crippen LogP contribution is -2.50. The summed E-state index contributed by atoms with van der Waals surface area (Å²) in [6.45, 7) is 4.12. The first-order valence-corrected chi connectivity index (χ1v) is 12.9. The van der Waals surface area contributed by atoms with Crippen molar-refractivity contribution < 1.29 is 14.0 Å². The first kappa shape index (κ1) is 23.0. The van der Waals surface area contributed by atoms with Gasteiger partial charge < -0.3 is 0 Å². The van der Waals surface area contributed by atoms with Gasteiger partial charge in [-0.15, -0.1) is 0 Å². The molecule has 0 unspecified atom stereocenters. The van der Waals surface area contributed by atoms with Gasteiger partial charge in [0.05, 0.1) is 34.1 Å². The molecular formula is C30H25FN4O3. The van der Waals surface area contributed by atoms with E-state index in [0.717, 1.165) is 10.5 Å². The Labute approximate surface area is 217 Å². The number of hydrogen-bond acceptors (Lipinski definition) is 5. The highest BCUT2D eigenvalue weighted by Gasteiger charge is 2.69. The number of carbonyl (C=O) groups excluding carboxylic acids is 2. The van der Waals surface area contributed by atoms with Crippen LogP contribution in [0.5, 0.6) is 0 Å². The number of para-hydroxylation sites is 3. The van der Waals surface area contributed by atoms with Crippen molar-refractivity contribution in [3.8, 4) is 5.69 Å². The molecule has 4 atom stereocenters. The maximum absolute atomic E-state index is 14.9. The summed E-state index contributed by atoms with van der Waals surface area (Å²) in [5, 5.41) is 4.14. The zero-order chi connectivity index (χ0) is 26.3. The first-order chi connectivity index (χ1) is 18.3. The van der Waals surface area contributed by atoms with E-state index in [0.29, 0.717) is 28.8 Å². The fourth-order valence-corrected chi connectivity index (χ4v) is 6.80. The van der Waals surface area contributed by atoms with Gasteiger partial charge in [0.15, 0.2) is 0 Å². The Hall–Kier alpha value is -4.17. The molecule has 0 aliphatic carbocycles. The number of imide groups is 1. The largest absolute Gasteiger partial charge is 0.297 e. The molecule has 3 aromatic carbocycles. The van der Waals surface area contributed by atoms with E-state index >= 15 is 0 Å². The third-order valence-corrected chi connectivity index (χ3v) is 8.18. The summed E-state index contributed by atoms with van der Waals surface area (Å²) in [5.41, 5.74) is 0.360. The molecule has 1 N–H and O–H groups in total. The molecule has 4 heterocycles. The lowest BCUT2D eigenvalue weighted by Gasteiger charge is -2.32. The maximum Gasteiger partial charge on any atom is 0.266 e. The predicted octanol–water partition coefficient (Wildman–Crippen LogP) is 3.91. The average molecular weight is 509 g/mol. The highest BCUT2D eigenvalue weighted by atomic mass is 19.1. The smallest absolute Gasteiger partial charge is 0.266 e. The maximum atomic E-state index is 14.9. The molecule has 190 valence electrons. The predicted molar refractivity (Wildman–Crippen MR) is 140 cm³/mol. The molecule has 38 heavy (non-hydrogen) atoms. The number of fused-ring (bicyclic) bond motifs is 8. The van der Waals surface area contributed by atoms with Crippen LogP contribution >= 0.6 is 0 Å². The summed E-state index contributed by atoms with van der Waals surface area (Å²) >= 11 is 0. The number of nitrogens with zero attached hydrogens (tertiary/aromatic N) is 3. The van der Waals surface area contributed by atoms with E-state index in [2.05, 4.69) is 19.2 Å². The van der Waals surface area contributed by atoms with Crippen LogP contribution in [0.15, 0.2) is 77.6 Å². The fraction of sp³-hybridized carbons (Fsp3) is 0.267. The molecule has 2 amide bonds. The molecule has 0 bridgehead atoms. The molecule has 0 saturated carbocycles. The minimum absolute atomic E-state index is 0.0505. The van der Waals surface area contributed by atoms with E-state index in [-0.39, 0.29) is 23.2 Å². The quantitative estimate of drug-likeness (QED) is 0.425. The van der Waals surface area contributed by atoms with Gasteiger partial charge >= 0.3 is 0 Å². The van der Waals surface area contributed by atoms with Crippen LogP contribution in [0.2, 0.25) is 0 Å². The lowest BCUT2D eigenvalue weighted by molar-refractivity contribution is -0.123. The van der Waals surface area contributed by atoms with Gasteiger partial charge in [-0.2, -0.15) is 0 Å². The highest BCUT2D eigenvalue weighted by molar-refractivity contribution is 6.23. The normalized spacial score (nSPS) is 25.5. The number of benzene rings is 3. The van der Waals surface area contributed by atoms with Gasteiger partial charge in [0.1, 0.15) is 17.2 Å². The summed E-state index contributed by atoms with van der Waals surface area (Å²) in [4.78, 5) is 48.1. The van der Waals surface area contributed by atoms with Crippen molar-refractivity contribution in [2.75, 3.05) is 4.90 Å². The summed E-state index contributed by atoms with van der Waals surface area (Å²) in [6.07, 6.45) is 0.618. The standard InChI is InChI=1S/C30H25FN4O3/c1-16(2)15-21-24-25(28(38)34(27(24)37)23-14-8-5-11-19(23)31)30(33-21)18-10-4-7-13-22(18)35-26(36)17-9-3-6-12-20(17)32-29(30)35/h3-14,16,21,24-25,33H,15H2,1-2H3/t21-,24-,25+,30+/m0/s1. The number of rotatable bonds is 3. The number of anilines is 1. The Bertz CT molecular complexity index is 1730. The zero-order valence-electron chi connectivity index (χ0n) is 20.9. The summed E-state index contributed by atoms with van der Waals surface area (Å²) < 4.78 is 16.5. The second-order valence-electron chi connectivity index (χ2n) is 10.8. The van der Waals surface area contributed by atoms with Crippen LogP contribution in [0.25, 0.3) is 16.6 Å². The first-order valence-electron chi connectivity index (χ1n) is 12.9. The van der Waals surface area contributed by atoms with Crippen molar-refractivity contribution >= 4 is 28.4 Å². The van der Waals surface area contributed by atoms with E-state index in [1.165, 1.54) is 18.2 Å². The van der Waals surface area contributed by atoms with Crippen LogP contribution in [0.4, 0.5) is 10.1 Å². The summed E-state index contributed by atoms with van der Waals surface area (Å²) in [7, 11) is 0. The molecular weight excluding hydrogens is 483 g/mol. The Morgan fingerprint density at radius 2 is 1.61 bits per heavy atom.